The van der Waals surface area contributed by atoms with Crippen LogP contribution in [0, 0.1) is 0 Å². The van der Waals surface area contributed by atoms with Crippen molar-refractivity contribution >= 4 is 35.1 Å². The normalized spacial score (nSPS) is 10.9. The van der Waals surface area contributed by atoms with E-state index >= 15 is 0 Å². The molecule has 2 nitrogen and oxygen atoms in total. The van der Waals surface area contributed by atoms with Crippen molar-refractivity contribution in [2.75, 3.05) is 11.6 Å². The number of fused-ring (bicyclic) bond motifs is 1. The van der Waals surface area contributed by atoms with E-state index in [1.807, 2.05) is 12.3 Å². The predicted octanol–water partition coefficient (Wildman–Crippen LogP) is 4.74. The maximum Gasteiger partial charge on any atom is 0.0933 e. The molecule has 0 unspecified atom stereocenters. The van der Waals surface area contributed by atoms with E-state index in [-0.39, 0.29) is 0 Å². The molecule has 0 bridgehead atoms. The molecule has 3 aromatic carbocycles. The zero-order chi connectivity index (χ0) is 16.9. The van der Waals surface area contributed by atoms with Crippen LogP contribution < -0.4 is 15.9 Å². The Bertz CT molecular complexity index is 910. The van der Waals surface area contributed by atoms with Crippen molar-refractivity contribution in [2.45, 2.75) is 0 Å². The second-order valence-electron chi connectivity index (χ2n) is 5.81. The first-order valence-electron chi connectivity index (χ1n) is 8.37. The summed E-state index contributed by atoms with van der Waals surface area (Å²) in [7, 11) is -0.469. The first kappa shape index (κ1) is 15.8. The van der Waals surface area contributed by atoms with Gasteiger partial charge in [-0.05, 0) is 30.7 Å². The fraction of sp³-hybridized carbons (Fsp3) is 0.0455. The molecule has 0 aliphatic rings. The monoisotopic (exact) mass is 342 g/mol. The van der Waals surface area contributed by atoms with Crippen LogP contribution in [0.4, 0.5) is 5.69 Å². The van der Waals surface area contributed by atoms with E-state index in [1.54, 1.807) is 0 Å². The minimum Gasteiger partial charge on any atom is -0.379 e. The van der Waals surface area contributed by atoms with Gasteiger partial charge in [-0.2, -0.15) is 0 Å². The Morgan fingerprint density at radius 2 is 1.32 bits per heavy atom. The maximum absolute atomic E-state index is 4.55. The third kappa shape index (κ3) is 3.55. The first-order chi connectivity index (χ1) is 12.4. The number of benzene rings is 3. The first-order valence-corrected chi connectivity index (χ1v) is 9.90. The molecule has 25 heavy (non-hydrogen) atoms. The van der Waals surface area contributed by atoms with Gasteiger partial charge in [-0.3, -0.25) is 4.98 Å². The molecular weight excluding hydrogens is 323 g/mol. The van der Waals surface area contributed by atoms with Crippen LogP contribution in [0.2, 0.25) is 0 Å². The van der Waals surface area contributed by atoms with Gasteiger partial charge in [0.1, 0.15) is 0 Å². The highest BCUT2D eigenvalue weighted by Gasteiger charge is 2.13. The van der Waals surface area contributed by atoms with Crippen LogP contribution in [0.15, 0.2) is 97.2 Å². The quantitative estimate of drug-likeness (QED) is 0.530. The van der Waals surface area contributed by atoms with E-state index in [4.69, 9.17) is 0 Å². The molecule has 122 valence electrons. The molecule has 0 spiro atoms. The summed E-state index contributed by atoms with van der Waals surface area (Å²) < 4.78 is 0. The van der Waals surface area contributed by atoms with E-state index in [1.165, 1.54) is 10.6 Å². The topological polar surface area (TPSA) is 24.9 Å². The van der Waals surface area contributed by atoms with Crippen molar-refractivity contribution in [1.82, 2.24) is 4.98 Å². The average Bonchev–Trinajstić information content (AvgIpc) is 2.70. The Kier molecular flexibility index (Phi) is 4.72. The van der Waals surface area contributed by atoms with Gasteiger partial charge in [-0.15, -0.1) is 0 Å². The van der Waals surface area contributed by atoms with E-state index in [2.05, 4.69) is 95.2 Å². The molecular formula is C22H19N2P. The van der Waals surface area contributed by atoms with Gasteiger partial charge >= 0.3 is 0 Å². The molecule has 0 amide bonds. The molecule has 0 radical (unpaired) electrons. The van der Waals surface area contributed by atoms with Gasteiger partial charge in [-0.1, -0.05) is 78.9 Å². The van der Waals surface area contributed by atoms with Crippen LogP contribution in [0.1, 0.15) is 0 Å². The number of pyridine rings is 1. The standard InChI is InChI=1S/C22H19N2P/c1-3-11-19(12-4-1)25(20-13-5-2-6-14-20)17-24-21-15-7-9-18-10-8-16-23-22(18)21/h1-16,24H,17H2. The van der Waals surface area contributed by atoms with E-state index in [9.17, 15) is 0 Å². The summed E-state index contributed by atoms with van der Waals surface area (Å²) >= 11 is 0. The van der Waals surface area contributed by atoms with Crippen LogP contribution in [-0.4, -0.2) is 11.3 Å². The molecule has 1 aromatic heterocycles. The Balaban J connectivity index is 1.65. The number of aromatic nitrogens is 1. The molecule has 0 fully saturated rings. The van der Waals surface area contributed by atoms with E-state index in [0.29, 0.717) is 0 Å². The lowest BCUT2D eigenvalue weighted by atomic mass is 10.2. The summed E-state index contributed by atoms with van der Waals surface area (Å²) in [5.74, 6) is 0. The third-order valence-corrected chi connectivity index (χ3v) is 6.51. The molecule has 0 aliphatic carbocycles. The van der Waals surface area contributed by atoms with Crippen molar-refractivity contribution in [3.8, 4) is 0 Å². The van der Waals surface area contributed by atoms with Gasteiger partial charge in [0.05, 0.1) is 11.2 Å². The average molecular weight is 342 g/mol. The van der Waals surface area contributed by atoms with Crippen LogP contribution in [-0.2, 0) is 0 Å². The summed E-state index contributed by atoms with van der Waals surface area (Å²) in [6.45, 7) is 0. The molecule has 1 heterocycles. The van der Waals surface area contributed by atoms with E-state index in [0.717, 1.165) is 22.9 Å². The molecule has 1 N–H and O–H groups in total. The van der Waals surface area contributed by atoms with Crippen molar-refractivity contribution < 1.29 is 0 Å². The summed E-state index contributed by atoms with van der Waals surface area (Å²) in [6.07, 6.45) is 2.74. The van der Waals surface area contributed by atoms with Crippen LogP contribution in [0.25, 0.3) is 10.9 Å². The Morgan fingerprint density at radius 3 is 2.00 bits per heavy atom. The van der Waals surface area contributed by atoms with Gasteiger partial charge < -0.3 is 5.32 Å². The molecule has 4 rings (SSSR count). The lowest BCUT2D eigenvalue weighted by molar-refractivity contribution is 1.38. The van der Waals surface area contributed by atoms with Crippen LogP contribution in [0.5, 0.6) is 0 Å². The maximum atomic E-state index is 4.55. The van der Waals surface area contributed by atoms with Crippen LogP contribution in [0.3, 0.4) is 0 Å². The van der Waals surface area contributed by atoms with Gasteiger partial charge in [-0.25, -0.2) is 0 Å². The lowest BCUT2D eigenvalue weighted by Crippen LogP contribution is -2.17. The number of nitrogens with one attached hydrogen (secondary N) is 1. The fourth-order valence-corrected chi connectivity index (χ4v) is 5.01. The largest absolute Gasteiger partial charge is 0.379 e. The second kappa shape index (κ2) is 7.46. The highest BCUT2D eigenvalue weighted by molar-refractivity contribution is 7.73. The lowest BCUT2D eigenvalue weighted by Gasteiger charge is -2.20. The smallest absolute Gasteiger partial charge is 0.0933 e. The second-order valence-corrected chi connectivity index (χ2v) is 8.02. The Labute approximate surface area is 149 Å². The SMILES string of the molecule is c1ccc(P(CNc2cccc3cccnc23)c2ccccc2)cc1. The molecule has 4 aromatic rings. The highest BCUT2D eigenvalue weighted by atomic mass is 31.1. The summed E-state index contributed by atoms with van der Waals surface area (Å²) in [5.41, 5.74) is 2.12. The number of nitrogens with zero attached hydrogens (tertiary/aromatic N) is 1. The number of hydrogen-bond donors (Lipinski definition) is 1. The molecule has 0 aliphatic heterocycles. The zero-order valence-electron chi connectivity index (χ0n) is 13.8. The van der Waals surface area contributed by atoms with E-state index < -0.39 is 7.92 Å². The fourth-order valence-electron chi connectivity index (χ4n) is 2.96. The minimum atomic E-state index is -0.469. The van der Waals surface area contributed by atoms with Crippen molar-refractivity contribution in [3.63, 3.8) is 0 Å². The van der Waals surface area contributed by atoms with Crippen molar-refractivity contribution in [3.05, 3.63) is 97.2 Å². The van der Waals surface area contributed by atoms with Crippen molar-refractivity contribution in [1.29, 1.82) is 0 Å². The summed E-state index contributed by atoms with van der Waals surface area (Å²) in [4.78, 5) is 4.55. The van der Waals surface area contributed by atoms with Gasteiger partial charge in [0.2, 0.25) is 0 Å². The predicted molar refractivity (Wildman–Crippen MR) is 109 cm³/mol. The molecule has 3 heteroatoms. The zero-order valence-corrected chi connectivity index (χ0v) is 14.7. The van der Waals surface area contributed by atoms with Gasteiger partial charge in [0.25, 0.3) is 0 Å². The summed E-state index contributed by atoms with van der Waals surface area (Å²) in [6, 6.07) is 31.9. The molecule has 0 atom stereocenters. The van der Waals surface area contributed by atoms with Crippen molar-refractivity contribution in [2.24, 2.45) is 0 Å². The summed E-state index contributed by atoms with van der Waals surface area (Å²) in [5, 5.41) is 7.57. The highest BCUT2D eigenvalue weighted by Crippen LogP contribution is 2.34. The molecule has 0 saturated carbocycles. The number of anilines is 1. The van der Waals surface area contributed by atoms with Gasteiger partial charge in [0, 0.05) is 17.9 Å². The number of rotatable bonds is 5. The Morgan fingerprint density at radius 1 is 0.680 bits per heavy atom. The number of hydrogen-bond acceptors (Lipinski definition) is 2. The third-order valence-electron chi connectivity index (χ3n) is 4.20. The number of para-hydroxylation sites is 1. The Hall–Kier alpha value is -2.70. The molecule has 0 saturated heterocycles. The van der Waals surface area contributed by atoms with Crippen LogP contribution >= 0.6 is 7.92 Å². The van der Waals surface area contributed by atoms with Gasteiger partial charge in [0.15, 0.2) is 0 Å². The minimum absolute atomic E-state index is 0.469.